The number of methoxy groups -OCH3 is 1. The highest BCUT2D eigenvalue weighted by atomic mass is 32.1. The summed E-state index contributed by atoms with van der Waals surface area (Å²) < 4.78 is 10.4. The SMILES string of the molecule is CCOC(=O)c1ccc(C)c(NC(=S)N[C@@H]2CCCc3cc(OC)ccc32)c1. The zero-order valence-electron chi connectivity index (χ0n) is 16.5. The third kappa shape index (κ3) is 4.62. The second-order valence-electron chi connectivity index (χ2n) is 6.86. The molecule has 1 atom stereocenters. The number of esters is 1. The van der Waals surface area contributed by atoms with Crippen molar-refractivity contribution >= 4 is 29.0 Å². The van der Waals surface area contributed by atoms with Gasteiger partial charge >= 0.3 is 5.97 Å². The maximum absolute atomic E-state index is 12.0. The summed E-state index contributed by atoms with van der Waals surface area (Å²) >= 11 is 5.55. The zero-order valence-corrected chi connectivity index (χ0v) is 17.3. The van der Waals surface area contributed by atoms with Crippen molar-refractivity contribution in [2.24, 2.45) is 0 Å². The van der Waals surface area contributed by atoms with Crippen LogP contribution in [0.25, 0.3) is 0 Å². The minimum Gasteiger partial charge on any atom is -0.497 e. The van der Waals surface area contributed by atoms with Crippen LogP contribution in [0.2, 0.25) is 0 Å². The van der Waals surface area contributed by atoms with Gasteiger partial charge in [0.1, 0.15) is 5.75 Å². The number of hydrogen-bond acceptors (Lipinski definition) is 4. The highest BCUT2D eigenvalue weighted by Crippen LogP contribution is 2.32. The van der Waals surface area contributed by atoms with Crippen LogP contribution < -0.4 is 15.4 Å². The highest BCUT2D eigenvalue weighted by Gasteiger charge is 2.21. The molecule has 0 fully saturated rings. The second kappa shape index (κ2) is 9.06. The van der Waals surface area contributed by atoms with Crippen LogP contribution in [0, 0.1) is 6.92 Å². The topological polar surface area (TPSA) is 59.6 Å². The molecule has 6 heteroatoms. The van der Waals surface area contributed by atoms with E-state index < -0.39 is 0 Å². The molecule has 0 saturated heterocycles. The summed E-state index contributed by atoms with van der Waals surface area (Å²) in [4.78, 5) is 12.0. The van der Waals surface area contributed by atoms with Gasteiger partial charge in [0.25, 0.3) is 0 Å². The summed E-state index contributed by atoms with van der Waals surface area (Å²) in [5.41, 5.74) is 4.87. The maximum atomic E-state index is 12.0. The molecule has 0 unspecified atom stereocenters. The number of rotatable bonds is 5. The number of carbonyl (C=O) groups excluding carboxylic acids is 1. The third-order valence-corrected chi connectivity index (χ3v) is 5.19. The van der Waals surface area contributed by atoms with E-state index in [4.69, 9.17) is 21.7 Å². The standard InChI is InChI=1S/C22H26N2O3S/c1-4-27-21(25)16-9-8-14(2)20(13-16)24-22(28)23-19-7-5-6-15-12-17(26-3)10-11-18(15)19/h8-13,19H,4-7H2,1-3H3,(H2,23,24,28)/t19-/m1/s1. The van der Waals surface area contributed by atoms with Gasteiger partial charge in [0.05, 0.1) is 25.3 Å². The van der Waals surface area contributed by atoms with E-state index >= 15 is 0 Å². The summed E-state index contributed by atoms with van der Waals surface area (Å²) in [6, 6.07) is 11.8. The maximum Gasteiger partial charge on any atom is 0.338 e. The minimum atomic E-state index is -0.334. The molecule has 1 aliphatic carbocycles. The van der Waals surface area contributed by atoms with E-state index in [1.807, 2.05) is 19.1 Å². The van der Waals surface area contributed by atoms with Gasteiger partial charge in [0.15, 0.2) is 5.11 Å². The summed E-state index contributed by atoms with van der Waals surface area (Å²) in [6.45, 7) is 4.12. The van der Waals surface area contributed by atoms with Gasteiger partial charge in [-0.15, -0.1) is 0 Å². The van der Waals surface area contributed by atoms with E-state index in [0.717, 1.165) is 36.3 Å². The number of carbonyl (C=O) groups is 1. The van der Waals surface area contributed by atoms with E-state index in [9.17, 15) is 4.79 Å². The molecule has 0 radical (unpaired) electrons. The fraction of sp³-hybridized carbons (Fsp3) is 0.364. The van der Waals surface area contributed by atoms with Crippen LogP contribution in [0.15, 0.2) is 36.4 Å². The first-order valence-corrected chi connectivity index (χ1v) is 9.94. The average molecular weight is 399 g/mol. The molecule has 0 spiro atoms. The Morgan fingerprint density at radius 1 is 1.25 bits per heavy atom. The highest BCUT2D eigenvalue weighted by molar-refractivity contribution is 7.80. The van der Waals surface area contributed by atoms with Gasteiger partial charge in [0, 0.05) is 5.69 Å². The van der Waals surface area contributed by atoms with E-state index in [-0.39, 0.29) is 12.0 Å². The fourth-order valence-electron chi connectivity index (χ4n) is 3.48. The Balaban J connectivity index is 1.72. The largest absolute Gasteiger partial charge is 0.497 e. The first-order chi connectivity index (χ1) is 13.5. The van der Waals surface area contributed by atoms with Gasteiger partial charge < -0.3 is 20.1 Å². The van der Waals surface area contributed by atoms with Crippen LogP contribution in [0.1, 0.15) is 52.9 Å². The lowest BCUT2D eigenvalue weighted by molar-refractivity contribution is 0.0526. The number of ether oxygens (including phenoxy) is 2. The molecule has 28 heavy (non-hydrogen) atoms. The lowest BCUT2D eigenvalue weighted by Gasteiger charge is -2.28. The molecule has 1 aliphatic rings. The first kappa shape index (κ1) is 20.1. The predicted octanol–water partition coefficient (Wildman–Crippen LogP) is 4.54. The second-order valence-corrected chi connectivity index (χ2v) is 7.27. The van der Waals surface area contributed by atoms with Crippen LogP contribution in [0.5, 0.6) is 5.75 Å². The van der Waals surface area contributed by atoms with Crippen molar-refractivity contribution in [1.82, 2.24) is 5.32 Å². The van der Waals surface area contributed by atoms with Crippen molar-refractivity contribution in [3.63, 3.8) is 0 Å². The van der Waals surface area contributed by atoms with E-state index in [0.29, 0.717) is 17.3 Å². The predicted molar refractivity (Wildman–Crippen MR) is 115 cm³/mol. The molecule has 0 bridgehead atoms. The molecule has 0 aliphatic heterocycles. The van der Waals surface area contributed by atoms with Crippen LogP contribution in [-0.2, 0) is 11.2 Å². The van der Waals surface area contributed by atoms with Crippen LogP contribution in [-0.4, -0.2) is 24.8 Å². The Hall–Kier alpha value is -2.60. The third-order valence-electron chi connectivity index (χ3n) is 4.97. The number of anilines is 1. The van der Waals surface area contributed by atoms with Crippen molar-refractivity contribution in [3.05, 3.63) is 58.7 Å². The Morgan fingerprint density at radius 3 is 2.82 bits per heavy atom. The Labute approximate surface area is 171 Å². The Morgan fingerprint density at radius 2 is 2.07 bits per heavy atom. The van der Waals surface area contributed by atoms with Gasteiger partial charge in [-0.2, -0.15) is 0 Å². The van der Waals surface area contributed by atoms with Crippen molar-refractivity contribution in [2.75, 3.05) is 19.0 Å². The molecular weight excluding hydrogens is 372 g/mol. The Kier molecular flexibility index (Phi) is 6.52. The van der Waals surface area contributed by atoms with Gasteiger partial charge in [-0.3, -0.25) is 0 Å². The summed E-state index contributed by atoms with van der Waals surface area (Å²) in [6.07, 6.45) is 3.16. The van der Waals surface area contributed by atoms with Gasteiger partial charge in [-0.25, -0.2) is 4.79 Å². The molecule has 2 N–H and O–H groups in total. The van der Waals surface area contributed by atoms with Crippen LogP contribution in [0.3, 0.4) is 0 Å². The number of aryl methyl sites for hydroxylation is 2. The lowest BCUT2D eigenvalue weighted by Crippen LogP contribution is -2.34. The minimum absolute atomic E-state index is 0.156. The molecule has 3 rings (SSSR count). The molecule has 0 saturated carbocycles. The van der Waals surface area contributed by atoms with Gasteiger partial charge in [0.2, 0.25) is 0 Å². The summed E-state index contributed by atoms with van der Waals surface area (Å²) in [5.74, 6) is 0.547. The van der Waals surface area contributed by atoms with Crippen molar-refractivity contribution in [3.8, 4) is 5.75 Å². The molecule has 2 aromatic carbocycles. The number of thiocarbonyl (C=S) groups is 1. The molecule has 0 amide bonds. The van der Waals surface area contributed by atoms with Crippen molar-refractivity contribution in [1.29, 1.82) is 0 Å². The molecule has 148 valence electrons. The van der Waals surface area contributed by atoms with Crippen molar-refractivity contribution < 1.29 is 14.3 Å². The van der Waals surface area contributed by atoms with E-state index in [1.165, 1.54) is 11.1 Å². The lowest BCUT2D eigenvalue weighted by atomic mass is 9.87. The number of hydrogen-bond donors (Lipinski definition) is 2. The monoisotopic (exact) mass is 398 g/mol. The molecule has 5 nitrogen and oxygen atoms in total. The summed E-state index contributed by atoms with van der Waals surface area (Å²) in [7, 11) is 1.69. The average Bonchev–Trinajstić information content (AvgIpc) is 2.69. The smallest absolute Gasteiger partial charge is 0.338 e. The number of benzene rings is 2. The van der Waals surface area contributed by atoms with E-state index in [2.05, 4.69) is 22.8 Å². The van der Waals surface area contributed by atoms with Gasteiger partial charge in [-0.1, -0.05) is 12.1 Å². The molecule has 2 aromatic rings. The molecule has 0 aromatic heterocycles. The molecule has 0 heterocycles. The van der Waals surface area contributed by atoms with E-state index in [1.54, 1.807) is 26.2 Å². The molecular formula is C22H26N2O3S. The Bertz CT molecular complexity index is 882. The van der Waals surface area contributed by atoms with Gasteiger partial charge in [-0.05, 0) is 86.3 Å². The summed E-state index contributed by atoms with van der Waals surface area (Å²) in [5, 5.41) is 7.20. The van der Waals surface area contributed by atoms with Crippen LogP contribution >= 0.6 is 12.2 Å². The quantitative estimate of drug-likeness (QED) is 0.569. The van der Waals surface area contributed by atoms with Crippen molar-refractivity contribution in [2.45, 2.75) is 39.2 Å². The fourth-order valence-corrected chi connectivity index (χ4v) is 3.73. The first-order valence-electron chi connectivity index (χ1n) is 9.54. The number of nitrogens with one attached hydrogen (secondary N) is 2. The normalized spacial score (nSPS) is 15.3. The zero-order chi connectivity index (χ0) is 20.1. The number of fused-ring (bicyclic) bond motifs is 1. The van der Waals surface area contributed by atoms with Crippen LogP contribution in [0.4, 0.5) is 5.69 Å².